The monoisotopic (exact) mass is 312 g/mol. The third kappa shape index (κ3) is 4.31. The van der Waals surface area contributed by atoms with Crippen LogP contribution in [0.5, 0.6) is 0 Å². The summed E-state index contributed by atoms with van der Waals surface area (Å²) in [5.41, 5.74) is 4.83. The molecule has 2 aromatic carbocycles. The zero-order valence-corrected chi connectivity index (χ0v) is 14.5. The smallest absolute Gasteiger partial charge is 0.171 e. The van der Waals surface area contributed by atoms with Crippen LogP contribution in [0.2, 0.25) is 0 Å². The van der Waals surface area contributed by atoms with Gasteiger partial charge in [0.1, 0.15) is 0 Å². The van der Waals surface area contributed by atoms with E-state index in [2.05, 4.69) is 74.7 Å². The maximum Gasteiger partial charge on any atom is 0.171 e. The van der Waals surface area contributed by atoms with E-state index in [1.807, 2.05) is 12.1 Å². The molecular formula is C19H24N2S. The first-order chi connectivity index (χ1) is 10.5. The lowest BCUT2D eigenvalue weighted by molar-refractivity contribution is 0.471. The van der Waals surface area contributed by atoms with Gasteiger partial charge in [-0.2, -0.15) is 0 Å². The molecule has 116 valence electrons. The Kier molecular flexibility index (Phi) is 5.56. The molecule has 2 N–H and O–H groups in total. The van der Waals surface area contributed by atoms with Gasteiger partial charge in [-0.15, -0.1) is 0 Å². The number of thiocarbonyl (C=S) groups is 1. The second-order valence-corrected chi connectivity index (χ2v) is 6.45. The maximum atomic E-state index is 5.49. The van der Waals surface area contributed by atoms with Gasteiger partial charge in [0.05, 0.1) is 6.04 Å². The third-order valence-electron chi connectivity index (χ3n) is 3.79. The summed E-state index contributed by atoms with van der Waals surface area (Å²) in [6.45, 7) is 8.63. The van der Waals surface area contributed by atoms with Gasteiger partial charge in [-0.05, 0) is 55.2 Å². The van der Waals surface area contributed by atoms with Crippen molar-refractivity contribution in [2.24, 2.45) is 5.92 Å². The standard InChI is InChI=1S/C19H24N2S/c1-13(2)18(17-8-6-5-7-15(17)4)21-19(22)20-16-11-9-14(3)10-12-16/h5-13,18H,1-4H3,(H2,20,21,22). The Morgan fingerprint density at radius 1 is 0.955 bits per heavy atom. The first-order valence-electron chi connectivity index (χ1n) is 7.67. The average molecular weight is 312 g/mol. The van der Waals surface area contributed by atoms with Crippen molar-refractivity contribution in [1.29, 1.82) is 0 Å². The van der Waals surface area contributed by atoms with E-state index in [1.165, 1.54) is 16.7 Å². The zero-order chi connectivity index (χ0) is 16.1. The number of aryl methyl sites for hydroxylation is 2. The molecule has 0 aromatic heterocycles. The number of hydrogen-bond donors (Lipinski definition) is 2. The summed E-state index contributed by atoms with van der Waals surface area (Å²) >= 11 is 5.49. The van der Waals surface area contributed by atoms with Gasteiger partial charge in [-0.3, -0.25) is 0 Å². The molecule has 0 saturated carbocycles. The fourth-order valence-corrected chi connectivity index (χ4v) is 2.73. The van der Waals surface area contributed by atoms with Crippen LogP contribution in [0.4, 0.5) is 5.69 Å². The zero-order valence-electron chi connectivity index (χ0n) is 13.7. The minimum Gasteiger partial charge on any atom is -0.355 e. The summed E-state index contributed by atoms with van der Waals surface area (Å²) in [6.07, 6.45) is 0. The normalized spacial score (nSPS) is 12.0. The lowest BCUT2D eigenvalue weighted by Crippen LogP contribution is -2.35. The Hall–Kier alpha value is -1.87. The van der Waals surface area contributed by atoms with Crippen molar-refractivity contribution in [3.63, 3.8) is 0 Å². The van der Waals surface area contributed by atoms with E-state index >= 15 is 0 Å². The molecular weight excluding hydrogens is 288 g/mol. The Balaban J connectivity index is 2.10. The molecule has 0 amide bonds. The first-order valence-corrected chi connectivity index (χ1v) is 8.08. The van der Waals surface area contributed by atoms with Gasteiger partial charge >= 0.3 is 0 Å². The molecule has 0 heterocycles. The van der Waals surface area contributed by atoms with Gasteiger partial charge in [-0.1, -0.05) is 55.8 Å². The number of rotatable bonds is 4. The lowest BCUT2D eigenvalue weighted by atomic mass is 9.93. The molecule has 0 bridgehead atoms. The number of hydrogen-bond acceptors (Lipinski definition) is 1. The van der Waals surface area contributed by atoms with Crippen LogP contribution in [0.15, 0.2) is 48.5 Å². The minimum atomic E-state index is 0.201. The van der Waals surface area contributed by atoms with Gasteiger partial charge < -0.3 is 10.6 Å². The van der Waals surface area contributed by atoms with Gasteiger partial charge in [-0.25, -0.2) is 0 Å². The molecule has 0 spiro atoms. The maximum absolute atomic E-state index is 5.49. The Morgan fingerprint density at radius 2 is 1.59 bits per heavy atom. The highest BCUT2D eigenvalue weighted by Crippen LogP contribution is 2.24. The van der Waals surface area contributed by atoms with Gasteiger partial charge in [0.2, 0.25) is 0 Å². The van der Waals surface area contributed by atoms with E-state index in [0.29, 0.717) is 11.0 Å². The van der Waals surface area contributed by atoms with Gasteiger partial charge in [0.15, 0.2) is 5.11 Å². The van der Waals surface area contributed by atoms with Crippen LogP contribution in [-0.2, 0) is 0 Å². The number of anilines is 1. The largest absolute Gasteiger partial charge is 0.355 e. The summed E-state index contributed by atoms with van der Waals surface area (Å²) in [7, 11) is 0. The quantitative estimate of drug-likeness (QED) is 0.778. The molecule has 0 aliphatic carbocycles. The van der Waals surface area contributed by atoms with E-state index in [0.717, 1.165) is 5.69 Å². The van der Waals surface area contributed by atoms with E-state index in [9.17, 15) is 0 Å². The van der Waals surface area contributed by atoms with Gasteiger partial charge in [0, 0.05) is 5.69 Å². The molecule has 2 nitrogen and oxygen atoms in total. The van der Waals surface area contributed by atoms with Crippen molar-refractivity contribution in [3.8, 4) is 0 Å². The molecule has 2 aromatic rings. The molecule has 3 heteroatoms. The Bertz CT molecular complexity index is 632. The van der Waals surface area contributed by atoms with Crippen LogP contribution < -0.4 is 10.6 Å². The minimum absolute atomic E-state index is 0.201. The molecule has 1 atom stereocenters. The fourth-order valence-electron chi connectivity index (χ4n) is 2.48. The highest BCUT2D eigenvalue weighted by Gasteiger charge is 2.18. The Morgan fingerprint density at radius 3 is 2.18 bits per heavy atom. The second-order valence-electron chi connectivity index (χ2n) is 6.04. The highest BCUT2D eigenvalue weighted by atomic mass is 32.1. The third-order valence-corrected chi connectivity index (χ3v) is 4.01. The summed E-state index contributed by atoms with van der Waals surface area (Å²) in [5.74, 6) is 0.443. The Labute approximate surface area is 139 Å². The van der Waals surface area contributed by atoms with Crippen molar-refractivity contribution in [1.82, 2.24) is 5.32 Å². The predicted octanol–water partition coefficient (Wildman–Crippen LogP) is 4.99. The molecule has 0 radical (unpaired) electrons. The van der Waals surface area contributed by atoms with Crippen molar-refractivity contribution < 1.29 is 0 Å². The number of nitrogens with one attached hydrogen (secondary N) is 2. The summed E-state index contributed by atoms with van der Waals surface area (Å²) < 4.78 is 0. The van der Waals surface area contributed by atoms with Crippen LogP contribution in [0.25, 0.3) is 0 Å². The van der Waals surface area contributed by atoms with E-state index < -0.39 is 0 Å². The van der Waals surface area contributed by atoms with Crippen molar-refractivity contribution in [3.05, 3.63) is 65.2 Å². The highest BCUT2D eigenvalue weighted by molar-refractivity contribution is 7.80. The summed E-state index contributed by atoms with van der Waals surface area (Å²) in [4.78, 5) is 0. The van der Waals surface area contributed by atoms with Crippen LogP contribution in [-0.4, -0.2) is 5.11 Å². The molecule has 22 heavy (non-hydrogen) atoms. The van der Waals surface area contributed by atoms with Crippen LogP contribution in [0, 0.1) is 19.8 Å². The predicted molar refractivity (Wildman–Crippen MR) is 99.3 cm³/mol. The molecule has 0 aliphatic rings. The number of benzene rings is 2. The molecule has 0 fully saturated rings. The first kappa shape index (κ1) is 16.5. The van der Waals surface area contributed by atoms with Crippen LogP contribution in [0.1, 0.15) is 36.6 Å². The summed E-state index contributed by atoms with van der Waals surface area (Å²) in [6, 6.07) is 16.9. The van der Waals surface area contributed by atoms with Crippen LogP contribution in [0.3, 0.4) is 0 Å². The van der Waals surface area contributed by atoms with Crippen molar-refractivity contribution in [2.75, 3.05) is 5.32 Å². The van der Waals surface area contributed by atoms with Gasteiger partial charge in [0.25, 0.3) is 0 Å². The van der Waals surface area contributed by atoms with Crippen molar-refractivity contribution >= 4 is 23.0 Å². The van der Waals surface area contributed by atoms with E-state index in [1.54, 1.807) is 0 Å². The molecule has 0 saturated heterocycles. The topological polar surface area (TPSA) is 24.1 Å². The molecule has 0 aliphatic heterocycles. The second kappa shape index (κ2) is 7.41. The van der Waals surface area contributed by atoms with E-state index in [-0.39, 0.29) is 6.04 Å². The average Bonchev–Trinajstić information content (AvgIpc) is 2.48. The fraction of sp³-hybridized carbons (Fsp3) is 0.316. The van der Waals surface area contributed by atoms with E-state index in [4.69, 9.17) is 12.2 Å². The summed E-state index contributed by atoms with van der Waals surface area (Å²) in [5, 5.41) is 7.38. The molecule has 1 unspecified atom stereocenters. The van der Waals surface area contributed by atoms with Crippen LogP contribution >= 0.6 is 12.2 Å². The van der Waals surface area contributed by atoms with Crippen molar-refractivity contribution in [2.45, 2.75) is 33.7 Å². The molecule has 2 rings (SSSR count). The lowest BCUT2D eigenvalue weighted by Gasteiger charge is -2.26. The SMILES string of the molecule is Cc1ccc(NC(=S)NC(c2ccccc2C)C(C)C)cc1.